The highest BCUT2D eigenvalue weighted by Gasteiger charge is 2.14. The van der Waals surface area contributed by atoms with Crippen LogP contribution in [0.5, 0.6) is 5.75 Å². The lowest BCUT2D eigenvalue weighted by Crippen LogP contribution is -1.92. The number of rotatable bonds is 2. The monoisotopic (exact) mass is 220 g/mol. The zero-order valence-corrected chi connectivity index (χ0v) is 9.50. The van der Waals surface area contributed by atoms with Gasteiger partial charge in [0, 0.05) is 0 Å². The van der Waals surface area contributed by atoms with E-state index in [4.69, 9.17) is 9.15 Å². The Morgan fingerprint density at radius 3 is 2.50 bits per heavy atom. The fraction of sp³-hybridized carbons (Fsp3) is 0.231. The van der Waals surface area contributed by atoms with E-state index in [9.17, 15) is 4.39 Å². The topological polar surface area (TPSA) is 22.4 Å². The number of ether oxygens (including phenoxy) is 1. The molecule has 0 amide bonds. The summed E-state index contributed by atoms with van der Waals surface area (Å²) in [5.41, 5.74) is 2.17. The Hall–Kier alpha value is -1.77. The van der Waals surface area contributed by atoms with Gasteiger partial charge in [-0.05, 0) is 43.2 Å². The molecule has 0 saturated heterocycles. The quantitative estimate of drug-likeness (QED) is 0.769. The van der Waals surface area contributed by atoms with E-state index in [1.165, 1.54) is 6.07 Å². The first-order valence-corrected chi connectivity index (χ1v) is 5.02. The van der Waals surface area contributed by atoms with Crippen LogP contribution in [0.2, 0.25) is 0 Å². The molecule has 84 valence electrons. The predicted octanol–water partition coefficient (Wildman–Crippen LogP) is 3.71. The molecule has 2 rings (SSSR count). The fourth-order valence-corrected chi connectivity index (χ4v) is 1.65. The highest BCUT2D eigenvalue weighted by atomic mass is 19.1. The van der Waals surface area contributed by atoms with Crippen LogP contribution < -0.4 is 4.74 Å². The van der Waals surface area contributed by atoms with Gasteiger partial charge in [0.05, 0.1) is 18.9 Å². The van der Waals surface area contributed by atoms with Gasteiger partial charge in [-0.1, -0.05) is 0 Å². The van der Waals surface area contributed by atoms with Crippen molar-refractivity contribution >= 4 is 0 Å². The van der Waals surface area contributed by atoms with E-state index in [1.807, 2.05) is 13.0 Å². The standard InChI is InChI=1S/C13H13FO2/c1-8-4-5-16-13(8)10-7-11(14)9(2)6-12(10)15-3/h4-7H,1-3H3. The van der Waals surface area contributed by atoms with Crippen molar-refractivity contribution in [2.45, 2.75) is 13.8 Å². The molecule has 0 spiro atoms. The molecule has 0 atom stereocenters. The number of hydrogen-bond acceptors (Lipinski definition) is 2. The minimum atomic E-state index is -0.258. The summed E-state index contributed by atoms with van der Waals surface area (Å²) in [4.78, 5) is 0. The van der Waals surface area contributed by atoms with Crippen LogP contribution in [-0.4, -0.2) is 7.11 Å². The predicted molar refractivity (Wildman–Crippen MR) is 60.1 cm³/mol. The van der Waals surface area contributed by atoms with E-state index in [1.54, 1.807) is 26.4 Å². The van der Waals surface area contributed by atoms with Crippen LogP contribution in [0, 0.1) is 19.7 Å². The van der Waals surface area contributed by atoms with E-state index in [-0.39, 0.29) is 5.82 Å². The van der Waals surface area contributed by atoms with Crippen LogP contribution in [0.1, 0.15) is 11.1 Å². The summed E-state index contributed by atoms with van der Waals surface area (Å²) in [6.07, 6.45) is 1.59. The summed E-state index contributed by atoms with van der Waals surface area (Å²) in [6.45, 7) is 3.62. The summed E-state index contributed by atoms with van der Waals surface area (Å²) < 4.78 is 24.1. The largest absolute Gasteiger partial charge is 0.496 e. The van der Waals surface area contributed by atoms with Crippen molar-refractivity contribution in [3.8, 4) is 17.1 Å². The Morgan fingerprint density at radius 2 is 1.94 bits per heavy atom. The van der Waals surface area contributed by atoms with Gasteiger partial charge in [0.2, 0.25) is 0 Å². The highest BCUT2D eigenvalue weighted by Crippen LogP contribution is 2.34. The number of aryl methyl sites for hydroxylation is 2. The molecule has 0 unspecified atom stereocenters. The number of hydrogen-bond donors (Lipinski definition) is 0. The Balaban J connectivity index is 2.64. The van der Waals surface area contributed by atoms with Gasteiger partial charge < -0.3 is 9.15 Å². The van der Waals surface area contributed by atoms with Crippen molar-refractivity contribution in [3.05, 3.63) is 41.4 Å². The van der Waals surface area contributed by atoms with Gasteiger partial charge in [-0.3, -0.25) is 0 Å². The molecule has 16 heavy (non-hydrogen) atoms. The van der Waals surface area contributed by atoms with Crippen LogP contribution in [0.4, 0.5) is 4.39 Å². The van der Waals surface area contributed by atoms with Gasteiger partial charge in [-0.2, -0.15) is 0 Å². The lowest BCUT2D eigenvalue weighted by molar-refractivity contribution is 0.413. The van der Waals surface area contributed by atoms with Gasteiger partial charge in [0.15, 0.2) is 0 Å². The normalized spacial score (nSPS) is 10.5. The summed E-state index contributed by atoms with van der Waals surface area (Å²) in [6, 6.07) is 4.96. The molecule has 0 aliphatic heterocycles. The number of furan rings is 1. The first kappa shape index (κ1) is 10.7. The van der Waals surface area contributed by atoms with Crippen molar-refractivity contribution in [2.24, 2.45) is 0 Å². The third kappa shape index (κ3) is 1.69. The van der Waals surface area contributed by atoms with Crippen molar-refractivity contribution in [3.63, 3.8) is 0 Å². The van der Waals surface area contributed by atoms with E-state index < -0.39 is 0 Å². The Kier molecular flexibility index (Phi) is 2.69. The number of halogens is 1. The molecule has 1 heterocycles. The van der Waals surface area contributed by atoms with Gasteiger partial charge in [0.1, 0.15) is 17.3 Å². The van der Waals surface area contributed by atoms with Crippen LogP contribution in [0.15, 0.2) is 28.9 Å². The zero-order chi connectivity index (χ0) is 11.7. The van der Waals surface area contributed by atoms with Crippen molar-refractivity contribution in [2.75, 3.05) is 7.11 Å². The number of methoxy groups -OCH3 is 1. The first-order valence-electron chi connectivity index (χ1n) is 5.02. The smallest absolute Gasteiger partial charge is 0.140 e. The van der Waals surface area contributed by atoms with Crippen molar-refractivity contribution < 1.29 is 13.5 Å². The number of benzene rings is 1. The molecule has 1 aromatic carbocycles. The summed E-state index contributed by atoms with van der Waals surface area (Å²) in [5.74, 6) is 1.01. The van der Waals surface area contributed by atoms with E-state index >= 15 is 0 Å². The Bertz CT molecular complexity index is 515. The molecule has 3 heteroatoms. The van der Waals surface area contributed by atoms with Crippen molar-refractivity contribution in [1.29, 1.82) is 0 Å². The summed E-state index contributed by atoms with van der Waals surface area (Å²) in [5, 5.41) is 0. The maximum absolute atomic E-state index is 13.5. The first-order chi connectivity index (χ1) is 7.63. The maximum Gasteiger partial charge on any atom is 0.140 e. The molecule has 2 aromatic rings. The minimum Gasteiger partial charge on any atom is -0.496 e. The van der Waals surface area contributed by atoms with E-state index in [0.29, 0.717) is 22.6 Å². The average Bonchev–Trinajstić information content (AvgIpc) is 2.68. The molecular weight excluding hydrogens is 207 g/mol. The Labute approximate surface area is 93.7 Å². The van der Waals surface area contributed by atoms with Crippen LogP contribution in [0.25, 0.3) is 11.3 Å². The molecule has 0 N–H and O–H groups in total. The molecule has 0 fully saturated rings. The van der Waals surface area contributed by atoms with E-state index in [0.717, 1.165) is 5.56 Å². The maximum atomic E-state index is 13.5. The van der Waals surface area contributed by atoms with Gasteiger partial charge >= 0.3 is 0 Å². The van der Waals surface area contributed by atoms with E-state index in [2.05, 4.69) is 0 Å². The second-order valence-electron chi connectivity index (χ2n) is 3.73. The summed E-state index contributed by atoms with van der Waals surface area (Å²) in [7, 11) is 1.56. The molecule has 2 nitrogen and oxygen atoms in total. The van der Waals surface area contributed by atoms with Crippen molar-refractivity contribution in [1.82, 2.24) is 0 Å². The van der Waals surface area contributed by atoms with Gasteiger partial charge in [-0.25, -0.2) is 4.39 Å². The molecule has 1 aromatic heterocycles. The third-order valence-electron chi connectivity index (χ3n) is 2.59. The minimum absolute atomic E-state index is 0.258. The highest BCUT2D eigenvalue weighted by molar-refractivity contribution is 5.69. The molecule has 0 aliphatic carbocycles. The molecule has 0 radical (unpaired) electrons. The average molecular weight is 220 g/mol. The SMILES string of the molecule is COc1cc(C)c(F)cc1-c1occc1C. The zero-order valence-electron chi connectivity index (χ0n) is 9.50. The van der Waals surface area contributed by atoms with Crippen LogP contribution >= 0.6 is 0 Å². The molecule has 0 aliphatic rings. The lowest BCUT2D eigenvalue weighted by Gasteiger charge is -2.09. The van der Waals surface area contributed by atoms with Crippen LogP contribution in [0.3, 0.4) is 0 Å². The second-order valence-corrected chi connectivity index (χ2v) is 3.73. The third-order valence-corrected chi connectivity index (χ3v) is 2.59. The summed E-state index contributed by atoms with van der Waals surface area (Å²) >= 11 is 0. The fourth-order valence-electron chi connectivity index (χ4n) is 1.65. The van der Waals surface area contributed by atoms with Gasteiger partial charge in [0.25, 0.3) is 0 Å². The second kappa shape index (κ2) is 4.00. The molecule has 0 saturated carbocycles. The molecule has 0 bridgehead atoms. The van der Waals surface area contributed by atoms with Crippen LogP contribution in [-0.2, 0) is 0 Å². The lowest BCUT2D eigenvalue weighted by atomic mass is 10.1. The molecular formula is C13H13FO2. The Morgan fingerprint density at radius 1 is 1.19 bits per heavy atom. The van der Waals surface area contributed by atoms with Gasteiger partial charge in [-0.15, -0.1) is 0 Å².